The van der Waals surface area contributed by atoms with E-state index in [-0.39, 0.29) is 29.1 Å². The van der Waals surface area contributed by atoms with Gasteiger partial charge in [-0.2, -0.15) is 4.98 Å². The number of furan rings is 1. The minimum Gasteiger partial charge on any atom is -0.464 e. The Morgan fingerprint density at radius 2 is 2.17 bits per heavy atom. The van der Waals surface area contributed by atoms with Gasteiger partial charge in [0, 0.05) is 11.4 Å². The fourth-order valence-electron chi connectivity index (χ4n) is 2.29. The van der Waals surface area contributed by atoms with Crippen LogP contribution in [-0.2, 0) is 15.8 Å². The third-order valence-corrected chi connectivity index (χ3v) is 4.79. The van der Waals surface area contributed by atoms with Gasteiger partial charge in [0.1, 0.15) is 17.2 Å². The van der Waals surface area contributed by atoms with Gasteiger partial charge >= 0.3 is 0 Å². The van der Waals surface area contributed by atoms with Gasteiger partial charge in [-0.3, -0.25) is 0 Å². The Bertz CT molecular complexity index is 975. The fraction of sp³-hybridized carbons (Fsp3) is 0.286. The molecular formula is C14H12FN3O4S. The molecule has 3 aromatic rings. The van der Waals surface area contributed by atoms with Crippen molar-refractivity contribution >= 4 is 21.0 Å². The van der Waals surface area contributed by atoms with Crippen molar-refractivity contribution in [3.05, 3.63) is 36.1 Å². The van der Waals surface area contributed by atoms with Crippen LogP contribution in [0.25, 0.3) is 22.4 Å². The highest BCUT2D eigenvalue weighted by atomic mass is 32.2. The van der Waals surface area contributed by atoms with Crippen molar-refractivity contribution in [1.82, 2.24) is 14.9 Å². The van der Waals surface area contributed by atoms with Crippen LogP contribution in [-0.4, -0.2) is 24.6 Å². The number of aromatic nitrogens is 2. The first kappa shape index (κ1) is 14.3. The summed E-state index contributed by atoms with van der Waals surface area (Å²) in [5.41, 5.74) is 0.692. The van der Waals surface area contributed by atoms with Crippen LogP contribution < -0.4 is 4.72 Å². The zero-order valence-electron chi connectivity index (χ0n) is 11.8. The molecule has 9 heteroatoms. The van der Waals surface area contributed by atoms with E-state index >= 15 is 0 Å². The van der Waals surface area contributed by atoms with Crippen molar-refractivity contribution in [3.63, 3.8) is 0 Å². The third kappa shape index (κ3) is 2.97. The van der Waals surface area contributed by atoms with Crippen LogP contribution in [0.4, 0.5) is 4.39 Å². The number of rotatable bonds is 5. The summed E-state index contributed by atoms with van der Waals surface area (Å²) >= 11 is 0. The monoisotopic (exact) mass is 337 g/mol. The standard InChI is InChI=1S/C14H12FN3O4S/c15-9-5-8-3-4-21-13(8)11(6-9)14-16-12(17-22-14)7-23(19,20)18-10-1-2-10/h3-6,10,18H,1-2,7H2. The van der Waals surface area contributed by atoms with E-state index in [1.807, 2.05) is 0 Å². The van der Waals surface area contributed by atoms with E-state index in [9.17, 15) is 12.8 Å². The van der Waals surface area contributed by atoms with Gasteiger partial charge in [-0.25, -0.2) is 17.5 Å². The Balaban J connectivity index is 1.65. The van der Waals surface area contributed by atoms with Gasteiger partial charge in [0.15, 0.2) is 5.82 Å². The lowest BCUT2D eigenvalue weighted by Gasteiger charge is -2.01. The van der Waals surface area contributed by atoms with E-state index in [2.05, 4.69) is 14.9 Å². The molecule has 2 heterocycles. The molecule has 1 fully saturated rings. The van der Waals surface area contributed by atoms with Crippen LogP contribution in [0.1, 0.15) is 18.7 Å². The number of hydrogen-bond acceptors (Lipinski definition) is 6. The molecule has 0 amide bonds. The van der Waals surface area contributed by atoms with Crippen LogP contribution in [0, 0.1) is 5.82 Å². The summed E-state index contributed by atoms with van der Waals surface area (Å²) in [6.45, 7) is 0. The topological polar surface area (TPSA) is 98.2 Å². The summed E-state index contributed by atoms with van der Waals surface area (Å²) in [5, 5.41) is 4.22. The molecule has 23 heavy (non-hydrogen) atoms. The summed E-state index contributed by atoms with van der Waals surface area (Å²) in [6.07, 6.45) is 3.11. The number of nitrogens with zero attached hydrogens (tertiary/aromatic N) is 2. The molecule has 1 N–H and O–H groups in total. The fourth-order valence-corrected chi connectivity index (χ4v) is 3.58. The lowest BCUT2D eigenvalue weighted by molar-refractivity contribution is 0.423. The van der Waals surface area contributed by atoms with Gasteiger partial charge in [0.05, 0.1) is 11.8 Å². The van der Waals surface area contributed by atoms with Gasteiger partial charge in [0.2, 0.25) is 10.0 Å². The van der Waals surface area contributed by atoms with Crippen molar-refractivity contribution in [2.75, 3.05) is 0 Å². The molecule has 0 aliphatic heterocycles. The van der Waals surface area contributed by atoms with E-state index < -0.39 is 15.8 Å². The Morgan fingerprint density at radius 1 is 1.35 bits per heavy atom. The molecule has 2 aromatic heterocycles. The smallest absolute Gasteiger partial charge is 0.261 e. The molecule has 0 bridgehead atoms. The van der Waals surface area contributed by atoms with Crippen LogP contribution in [0.2, 0.25) is 0 Å². The van der Waals surface area contributed by atoms with E-state index in [0.29, 0.717) is 11.0 Å². The predicted octanol–water partition coefficient (Wildman–Crippen LogP) is 2.20. The predicted molar refractivity (Wildman–Crippen MR) is 78.2 cm³/mol. The molecule has 0 atom stereocenters. The van der Waals surface area contributed by atoms with Gasteiger partial charge in [0.25, 0.3) is 5.89 Å². The molecule has 1 saturated carbocycles. The van der Waals surface area contributed by atoms with Gasteiger partial charge in [-0.1, -0.05) is 5.16 Å². The SMILES string of the molecule is O=S(=O)(Cc1noc(-c2cc(F)cc3ccoc23)n1)NC1CC1. The number of fused-ring (bicyclic) bond motifs is 1. The molecule has 1 aliphatic rings. The van der Waals surface area contributed by atoms with Gasteiger partial charge in [-0.05, 0) is 31.0 Å². The summed E-state index contributed by atoms with van der Waals surface area (Å²) in [7, 11) is -3.51. The Hall–Kier alpha value is -2.26. The van der Waals surface area contributed by atoms with Crippen LogP contribution >= 0.6 is 0 Å². The first-order chi connectivity index (χ1) is 11.0. The van der Waals surface area contributed by atoms with Crippen molar-refractivity contribution < 1.29 is 21.7 Å². The van der Waals surface area contributed by atoms with E-state index in [0.717, 1.165) is 12.8 Å². The van der Waals surface area contributed by atoms with Crippen LogP contribution in [0.5, 0.6) is 0 Å². The van der Waals surface area contributed by atoms with Crippen molar-refractivity contribution in [1.29, 1.82) is 0 Å². The van der Waals surface area contributed by atoms with Crippen molar-refractivity contribution in [3.8, 4) is 11.5 Å². The Labute approximate surface area is 130 Å². The molecular weight excluding hydrogens is 325 g/mol. The maximum Gasteiger partial charge on any atom is 0.261 e. The first-order valence-corrected chi connectivity index (χ1v) is 8.65. The lowest BCUT2D eigenvalue weighted by atomic mass is 10.1. The molecule has 1 aromatic carbocycles. The van der Waals surface area contributed by atoms with Crippen LogP contribution in [0.15, 0.2) is 33.4 Å². The summed E-state index contributed by atoms with van der Waals surface area (Å²) in [4.78, 5) is 4.04. The molecule has 0 radical (unpaired) electrons. The highest BCUT2D eigenvalue weighted by molar-refractivity contribution is 7.88. The molecule has 120 valence electrons. The average molecular weight is 337 g/mol. The largest absolute Gasteiger partial charge is 0.464 e. The first-order valence-electron chi connectivity index (χ1n) is 7.00. The molecule has 0 spiro atoms. The van der Waals surface area contributed by atoms with Crippen molar-refractivity contribution in [2.24, 2.45) is 0 Å². The summed E-state index contributed by atoms with van der Waals surface area (Å²) in [6, 6.07) is 4.16. The zero-order valence-corrected chi connectivity index (χ0v) is 12.6. The normalized spacial score (nSPS) is 15.3. The number of sulfonamides is 1. The Kier molecular flexibility index (Phi) is 3.20. The highest BCUT2D eigenvalue weighted by Crippen LogP contribution is 2.29. The highest BCUT2D eigenvalue weighted by Gasteiger charge is 2.28. The summed E-state index contributed by atoms with van der Waals surface area (Å²) in [5.74, 6) is -0.835. The van der Waals surface area contributed by atoms with E-state index in [4.69, 9.17) is 8.94 Å². The third-order valence-electron chi connectivity index (χ3n) is 3.46. The van der Waals surface area contributed by atoms with E-state index in [1.54, 1.807) is 6.07 Å². The van der Waals surface area contributed by atoms with Crippen molar-refractivity contribution in [2.45, 2.75) is 24.6 Å². The second kappa shape index (κ2) is 5.14. The quantitative estimate of drug-likeness (QED) is 0.766. The number of nitrogens with one attached hydrogen (secondary N) is 1. The number of halogens is 1. The molecule has 1 aliphatic carbocycles. The number of benzene rings is 1. The maximum absolute atomic E-state index is 13.7. The van der Waals surface area contributed by atoms with Gasteiger partial charge in [-0.15, -0.1) is 0 Å². The molecule has 4 rings (SSSR count). The molecule has 0 saturated heterocycles. The Morgan fingerprint density at radius 3 is 2.96 bits per heavy atom. The van der Waals surface area contributed by atoms with Gasteiger partial charge < -0.3 is 8.94 Å². The lowest BCUT2D eigenvalue weighted by Crippen LogP contribution is -2.27. The zero-order chi connectivity index (χ0) is 16.0. The van der Waals surface area contributed by atoms with Crippen LogP contribution in [0.3, 0.4) is 0 Å². The minimum atomic E-state index is -3.51. The number of hydrogen-bond donors (Lipinski definition) is 1. The minimum absolute atomic E-state index is 0.0112. The second-order valence-electron chi connectivity index (χ2n) is 5.46. The summed E-state index contributed by atoms with van der Waals surface area (Å²) < 4.78 is 50.4. The maximum atomic E-state index is 13.7. The van der Waals surface area contributed by atoms with E-state index in [1.165, 1.54) is 18.4 Å². The average Bonchev–Trinajstić information content (AvgIpc) is 2.98. The molecule has 0 unspecified atom stereocenters. The molecule has 7 nitrogen and oxygen atoms in total. The second-order valence-corrected chi connectivity index (χ2v) is 7.21.